The van der Waals surface area contributed by atoms with Crippen LogP contribution in [0, 0.1) is 12.7 Å². The van der Waals surface area contributed by atoms with Crippen LogP contribution in [0.25, 0.3) is 0 Å². The van der Waals surface area contributed by atoms with Gasteiger partial charge in [-0.1, -0.05) is 6.07 Å². The zero-order valence-corrected chi connectivity index (χ0v) is 15.0. The van der Waals surface area contributed by atoms with Crippen molar-refractivity contribution in [1.82, 2.24) is 4.90 Å². The van der Waals surface area contributed by atoms with Gasteiger partial charge >= 0.3 is 6.03 Å². The Morgan fingerprint density at radius 3 is 2.23 bits per heavy atom. The molecule has 5 nitrogen and oxygen atoms in total. The molecule has 3 rings (SSSR count). The molecule has 1 N–H and O–H groups in total. The highest BCUT2D eigenvalue weighted by molar-refractivity contribution is 5.94. The second-order valence-electron chi connectivity index (χ2n) is 6.47. The summed E-state index contributed by atoms with van der Waals surface area (Å²) in [6, 6.07) is 12.0. The summed E-state index contributed by atoms with van der Waals surface area (Å²) < 4.78 is 13.6. The lowest BCUT2D eigenvalue weighted by Gasteiger charge is -2.36. The highest BCUT2D eigenvalue weighted by Gasteiger charge is 2.21. The molecule has 0 spiro atoms. The van der Waals surface area contributed by atoms with Gasteiger partial charge in [0, 0.05) is 43.1 Å². The third-order valence-corrected chi connectivity index (χ3v) is 4.63. The van der Waals surface area contributed by atoms with E-state index in [9.17, 15) is 14.0 Å². The number of carbonyl (C=O) groups is 2. The first-order valence-electron chi connectivity index (χ1n) is 8.62. The van der Waals surface area contributed by atoms with Gasteiger partial charge in [0.1, 0.15) is 5.82 Å². The number of anilines is 2. The van der Waals surface area contributed by atoms with E-state index in [4.69, 9.17) is 0 Å². The molecule has 2 aromatic rings. The predicted octanol–water partition coefficient (Wildman–Crippen LogP) is 3.69. The molecular weight excluding hydrogens is 333 g/mol. The molecule has 0 unspecified atom stereocenters. The number of ketones is 1. The summed E-state index contributed by atoms with van der Waals surface area (Å²) in [7, 11) is 0. The number of nitrogens with one attached hydrogen (secondary N) is 1. The number of aryl methyl sites for hydroxylation is 1. The molecule has 0 radical (unpaired) electrons. The number of urea groups is 1. The number of carbonyl (C=O) groups excluding carboxylic acids is 2. The van der Waals surface area contributed by atoms with Crippen molar-refractivity contribution >= 4 is 23.2 Å². The Morgan fingerprint density at radius 1 is 1.00 bits per heavy atom. The number of halogens is 1. The summed E-state index contributed by atoms with van der Waals surface area (Å²) in [5.74, 6) is -0.285. The highest BCUT2D eigenvalue weighted by Crippen LogP contribution is 2.19. The maximum absolute atomic E-state index is 13.6. The van der Waals surface area contributed by atoms with Gasteiger partial charge in [-0.2, -0.15) is 0 Å². The van der Waals surface area contributed by atoms with Crippen molar-refractivity contribution < 1.29 is 14.0 Å². The van der Waals surface area contributed by atoms with Gasteiger partial charge < -0.3 is 15.1 Å². The van der Waals surface area contributed by atoms with Crippen LogP contribution in [0.2, 0.25) is 0 Å². The molecule has 1 fully saturated rings. The number of amides is 2. The quantitative estimate of drug-likeness (QED) is 0.855. The molecule has 136 valence electrons. The van der Waals surface area contributed by atoms with E-state index in [1.54, 1.807) is 30.9 Å². The first kappa shape index (κ1) is 17.9. The van der Waals surface area contributed by atoms with Crippen LogP contribution < -0.4 is 10.2 Å². The van der Waals surface area contributed by atoms with Crippen molar-refractivity contribution in [3.63, 3.8) is 0 Å². The molecule has 2 amide bonds. The van der Waals surface area contributed by atoms with Crippen LogP contribution in [0.15, 0.2) is 42.5 Å². The van der Waals surface area contributed by atoms with E-state index in [0.717, 1.165) is 5.69 Å². The van der Waals surface area contributed by atoms with Crippen LogP contribution in [-0.2, 0) is 0 Å². The van der Waals surface area contributed by atoms with Crippen LogP contribution in [0.1, 0.15) is 22.8 Å². The van der Waals surface area contributed by atoms with Gasteiger partial charge in [0.15, 0.2) is 5.78 Å². The summed E-state index contributed by atoms with van der Waals surface area (Å²) in [5, 5.41) is 2.75. The molecule has 0 saturated carbocycles. The van der Waals surface area contributed by atoms with Crippen LogP contribution in [0.5, 0.6) is 0 Å². The van der Waals surface area contributed by atoms with Gasteiger partial charge in [0.2, 0.25) is 0 Å². The van der Waals surface area contributed by atoms with Crippen LogP contribution in [0.4, 0.5) is 20.6 Å². The molecule has 1 saturated heterocycles. The average molecular weight is 355 g/mol. The first-order chi connectivity index (χ1) is 12.4. The lowest BCUT2D eigenvalue weighted by molar-refractivity contribution is 0.101. The fraction of sp³-hybridized carbons (Fsp3) is 0.300. The Hall–Kier alpha value is -2.89. The first-order valence-corrected chi connectivity index (χ1v) is 8.62. The Balaban J connectivity index is 1.56. The number of nitrogens with zero attached hydrogens (tertiary/aromatic N) is 2. The Bertz CT molecular complexity index is 812. The van der Waals surface area contributed by atoms with Crippen molar-refractivity contribution in [2.45, 2.75) is 13.8 Å². The van der Waals surface area contributed by atoms with Crippen molar-refractivity contribution in [3.8, 4) is 0 Å². The standard InChI is InChI=1S/C20H22FN3O2/c1-14-3-6-17(13-19(14)21)22-20(26)24-11-9-23(10-12-24)18-7-4-16(5-8-18)15(2)25/h3-8,13H,9-12H2,1-2H3,(H,22,26). The molecule has 0 bridgehead atoms. The molecule has 0 aliphatic carbocycles. The third-order valence-electron chi connectivity index (χ3n) is 4.63. The topological polar surface area (TPSA) is 52.7 Å². The number of Topliss-reactive ketones (excluding diaryl/α,β-unsaturated/α-hetero) is 1. The Morgan fingerprint density at radius 2 is 1.65 bits per heavy atom. The monoisotopic (exact) mass is 355 g/mol. The molecule has 26 heavy (non-hydrogen) atoms. The van der Waals surface area contributed by atoms with E-state index in [2.05, 4.69) is 10.2 Å². The summed E-state index contributed by atoms with van der Waals surface area (Å²) >= 11 is 0. The molecule has 1 aliphatic rings. The summed E-state index contributed by atoms with van der Waals surface area (Å²) in [4.78, 5) is 27.6. The number of hydrogen-bond acceptors (Lipinski definition) is 3. The number of hydrogen-bond donors (Lipinski definition) is 1. The van der Waals surface area contributed by atoms with Gasteiger partial charge in [0.05, 0.1) is 0 Å². The van der Waals surface area contributed by atoms with Crippen LogP contribution in [-0.4, -0.2) is 42.9 Å². The van der Waals surface area contributed by atoms with E-state index in [1.165, 1.54) is 6.07 Å². The fourth-order valence-corrected chi connectivity index (χ4v) is 2.95. The Kier molecular flexibility index (Phi) is 5.21. The minimum atomic E-state index is -0.332. The van der Waals surface area contributed by atoms with Gasteiger partial charge in [-0.15, -0.1) is 0 Å². The van der Waals surface area contributed by atoms with E-state index >= 15 is 0 Å². The van der Waals surface area contributed by atoms with Crippen LogP contribution in [0.3, 0.4) is 0 Å². The largest absolute Gasteiger partial charge is 0.368 e. The van der Waals surface area contributed by atoms with E-state index in [0.29, 0.717) is 43.0 Å². The number of rotatable bonds is 3. The second-order valence-corrected chi connectivity index (χ2v) is 6.47. The molecule has 1 aliphatic heterocycles. The van der Waals surface area contributed by atoms with Gasteiger partial charge in [-0.3, -0.25) is 4.79 Å². The van der Waals surface area contributed by atoms with Crippen molar-refractivity contribution in [2.75, 3.05) is 36.4 Å². The minimum Gasteiger partial charge on any atom is -0.368 e. The lowest BCUT2D eigenvalue weighted by atomic mass is 10.1. The normalized spacial score (nSPS) is 14.3. The van der Waals surface area contributed by atoms with Crippen molar-refractivity contribution in [3.05, 3.63) is 59.4 Å². The summed E-state index contributed by atoms with van der Waals surface area (Å²) in [6.07, 6.45) is 0. The van der Waals surface area contributed by atoms with Gasteiger partial charge in [-0.05, 0) is 55.8 Å². The fourth-order valence-electron chi connectivity index (χ4n) is 2.95. The molecule has 0 atom stereocenters. The molecule has 2 aromatic carbocycles. The lowest BCUT2D eigenvalue weighted by Crippen LogP contribution is -2.50. The van der Waals surface area contributed by atoms with Crippen LogP contribution >= 0.6 is 0 Å². The zero-order chi connectivity index (χ0) is 18.7. The summed E-state index contributed by atoms with van der Waals surface area (Å²) in [5.41, 5.74) is 2.74. The molecular formula is C20H22FN3O2. The maximum Gasteiger partial charge on any atom is 0.321 e. The average Bonchev–Trinajstić information content (AvgIpc) is 2.65. The van der Waals surface area contributed by atoms with Crippen molar-refractivity contribution in [1.29, 1.82) is 0 Å². The second kappa shape index (κ2) is 7.56. The smallest absolute Gasteiger partial charge is 0.321 e. The Labute approximate surface area is 152 Å². The minimum absolute atomic E-state index is 0.0468. The zero-order valence-electron chi connectivity index (χ0n) is 15.0. The van der Waals surface area contributed by atoms with Gasteiger partial charge in [-0.25, -0.2) is 9.18 Å². The number of benzene rings is 2. The SMILES string of the molecule is CC(=O)c1ccc(N2CCN(C(=O)Nc3ccc(C)c(F)c3)CC2)cc1. The van der Waals surface area contributed by atoms with E-state index < -0.39 is 0 Å². The molecule has 6 heteroatoms. The number of piperazine rings is 1. The maximum atomic E-state index is 13.6. The molecule has 0 aromatic heterocycles. The van der Waals surface area contributed by atoms with Gasteiger partial charge in [0.25, 0.3) is 0 Å². The van der Waals surface area contributed by atoms with E-state index in [-0.39, 0.29) is 17.6 Å². The van der Waals surface area contributed by atoms with Crippen molar-refractivity contribution in [2.24, 2.45) is 0 Å². The highest BCUT2D eigenvalue weighted by atomic mass is 19.1. The summed E-state index contributed by atoms with van der Waals surface area (Å²) in [6.45, 7) is 5.79. The predicted molar refractivity (Wildman–Crippen MR) is 100 cm³/mol. The third kappa shape index (κ3) is 4.02. The molecule has 1 heterocycles. The van der Waals surface area contributed by atoms with E-state index in [1.807, 2.05) is 24.3 Å².